The summed E-state index contributed by atoms with van der Waals surface area (Å²) < 4.78 is 0. The van der Waals surface area contributed by atoms with Crippen molar-refractivity contribution in [2.75, 3.05) is 38.2 Å². The highest BCUT2D eigenvalue weighted by molar-refractivity contribution is 7.98. The number of nitrogens with zero attached hydrogens (tertiary/aromatic N) is 3. The van der Waals surface area contributed by atoms with Gasteiger partial charge in [-0.05, 0) is 25.4 Å². The van der Waals surface area contributed by atoms with E-state index in [1.807, 2.05) is 18.1 Å². The molecule has 1 saturated heterocycles. The van der Waals surface area contributed by atoms with Crippen LogP contribution in [0.15, 0.2) is 5.38 Å². The van der Waals surface area contributed by atoms with Crippen LogP contribution in [0.5, 0.6) is 0 Å². The largest absolute Gasteiger partial charge is 0.339 e. The fourth-order valence-corrected chi connectivity index (χ4v) is 3.53. The van der Waals surface area contributed by atoms with Gasteiger partial charge in [0, 0.05) is 38.1 Å². The van der Waals surface area contributed by atoms with Gasteiger partial charge in [-0.3, -0.25) is 9.69 Å². The minimum Gasteiger partial charge on any atom is -0.339 e. The smallest absolute Gasteiger partial charge is 0.239 e. The van der Waals surface area contributed by atoms with Crippen LogP contribution in [0.3, 0.4) is 0 Å². The summed E-state index contributed by atoms with van der Waals surface area (Å²) in [5, 5.41) is 3.23. The molecule has 0 unspecified atom stereocenters. The van der Waals surface area contributed by atoms with Crippen molar-refractivity contribution in [2.24, 2.45) is 5.73 Å². The molecular formula is C14H24N4OS2. The molecule has 1 aromatic heterocycles. The number of nitrogens with two attached hydrogens (primary N) is 1. The van der Waals surface area contributed by atoms with Crippen LogP contribution in [0.2, 0.25) is 0 Å². The van der Waals surface area contributed by atoms with Crippen molar-refractivity contribution >= 4 is 29.0 Å². The van der Waals surface area contributed by atoms with Crippen molar-refractivity contribution in [1.29, 1.82) is 0 Å². The quantitative estimate of drug-likeness (QED) is 0.849. The van der Waals surface area contributed by atoms with Gasteiger partial charge in [-0.25, -0.2) is 4.98 Å². The van der Waals surface area contributed by atoms with Gasteiger partial charge in [-0.2, -0.15) is 11.8 Å². The van der Waals surface area contributed by atoms with Crippen LogP contribution < -0.4 is 5.73 Å². The van der Waals surface area contributed by atoms with Gasteiger partial charge in [0.25, 0.3) is 0 Å². The van der Waals surface area contributed by atoms with Crippen LogP contribution >= 0.6 is 23.1 Å². The van der Waals surface area contributed by atoms with Crippen molar-refractivity contribution < 1.29 is 4.79 Å². The summed E-state index contributed by atoms with van der Waals surface area (Å²) in [7, 11) is 0. The van der Waals surface area contributed by atoms with Gasteiger partial charge >= 0.3 is 0 Å². The maximum absolute atomic E-state index is 12.2. The van der Waals surface area contributed by atoms with Gasteiger partial charge in [0.1, 0.15) is 0 Å². The molecule has 1 aliphatic rings. The van der Waals surface area contributed by atoms with E-state index in [1.54, 1.807) is 23.1 Å². The van der Waals surface area contributed by atoms with Gasteiger partial charge in [0.15, 0.2) is 0 Å². The second-order valence-electron chi connectivity index (χ2n) is 5.35. The van der Waals surface area contributed by atoms with Crippen LogP contribution in [-0.2, 0) is 11.3 Å². The SMILES string of the molecule is CSCC[C@@H](N)C(=O)N1CCN(Cc2csc(C)n2)CC1. The maximum atomic E-state index is 12.2. The Hall–Kier alpha value is -0.630. The maximum Gasteiger partial charge on any atom is 0.239 e. The lowest BCUT2D eigenvalue weighted by molar-refractivity contribution is -0.134. The Balaban J connectivity index is 1.76. The van der Waals surface area contributed by atoms with Gasteiger partial charge in [0.2, 0.25) is 5.91 Å². The van der Waals surface area contributed by atoms with E-state index in [2.05, 4.69) is 15.3 Å². The molecule has 1 amide bonds. The minimum absolute atomic E-state index is 0.105. The molecule has 0 aliphatic carbocycles. The van der Waals surface area contributed by atoms with E-state index in [1.165, 1.54) is 0 Å². The molecule has 5 nitrogen and oxygen atoms in total. The van der Waals surface area contributed by atoms with Gasteiger partial charge in [-0.1, -0.05) is 0 Å². The Morgan fingerprint density at radius 1 is 1.48 bits per heavy atom. The molecule has 2 rings (SSSR count). The number of hydrogen-bond donors (Lipinski definition) is 1. The van der Waals surface area contributed by atoms with Gasteiger partial charge in [-0.15, -0.1) is 11.3 Å². The highest BCUT2D eigenvalue weighted by atomic mass is 32.2. The normalized spacial score (nSPS) is 18.0. The first-order valence-corrected chi connectivity index (χ1v) is 9.54. The first kappa shape index (κ1) is 16.7. The minimum atomic E-state index is -0.342. The molecule has 0 radical (unpaired) electrons. The lowest BCUT2D eigenvalue weighted by Crippen LogP contribution is -2.53. The number of aryl methyl sites for hydroxylation is 1. The molecule has 2 heterocycles. The van der Waals surface area contributed by atoms with E-state index in [-0.39, 0.29) is 11.9 Å². The Labute approximate surface area is 134 Å². The molecule has 0 aromatic carbocycles. The average molecular weight is 329 g/mol. The molecule has 1 fully saturated rings. The molecule has 21 heavy (non-hydrogen) atoms. The van der Waals surface area contributed by atoms with Crippen molar-refractivity contribution in [3.63, 3.8) is 0 Å². The molecule has 2 N–H and O–H groups in total. The Morgan fingerprint density at radius 2 is 2.19 bits per heavy atom. The molecule has 118 valence electrons. The van der Waals surface area contributed by atoms with E-state index in [0.29, 0.717) is 0 Å². The third-order valence-electron chi connectivity index (χ3n) is 3.69. The fraction of sp³-hybridized carbons (Fsp3) is 0.714. The first-order valence-electron chi connectivity index (χ1n) is 7.27. The highest BCUT2D eigenvalue weighted by Gasteiger charge is 2.25. The number of thioether (sulfide) groups is 1. The Bertz CT molecular complexity index is 458. The second kappa shape index (κ2) is 8.12. The summed E-state index contributed by atoms with van der Waals surface area (Å²) in [5.41, 5.74) is 7.10. The zero-order chi connectivity index (χ0) is 15.2. The van der Waals surface area contributed by atoms with Crippen LogP contribution in [0.25, 0.3) is 0 Å². The van der Waals surface area contributed by atoms with Gasteiger partial charge < -0.3 is 10.6 Å². The summed E-state index contributed by atoms with van der Waals surface area (Å²) in [6.45, 7) is 6.25. The third-order valence-corrected chi connectivity index (χ3v) is 5.15. The molecule has 7 heteroatoms. The summed E-state index contributed by atoms with van der Waals surface area (Å²) in [6.07, 6.45) is 2.80. The van der Waals surface area contributed by atoms with Crippen molar-refractivity contribution in [2.45, 2.75) is 25.9 Å². The number of rotatable bonds is 6. The van der Waals surface area contributed by atoms with Crippen LogP contribution in [0.1, 0.15) is 17.1 Å². The van der Waals surface area contributed by atoms with Gasteiger partial charge in [0.05, 0.1) is 16.7 Å². The summed E-state index contributed by atoms with van der Waals surface area (Å²) >= 11 is 3.42. The number of amides is 1. The van der Waals surface area contributed by atoms with Crippen molar-refractivity contribution in [1.82, 2.24) is 14.8 Å². The lowest BCUT2D eigenvalue weighted by Gasteiger charge is -2.35. The molecule has 1 aliphatic heterocycles. The molecule has 1 atom stereocenters. The van der Waals surface area contributed by atoms with Crippen molar-refractivity contribution in [3.05, 3.63) is 16.1 Å². The Kier molecular flexibility index (Phi) is 6.47. The van der Waals surface area contributed by atoms with E-state index in [0.717, 1.165) is 55.6 Å². The third kappa shape index (κ3) is 4.95. The van der Waals surface area contributed by atoms with E-state index in [4.69, 9.17) is 5.73 Å². The summed E-state index contributed by atoms with van der Waals surface area (Å²) in [5.74, 6) is 1.05. The number of thiazole rings is 1. The average Bonchev–Trinajstić information content (AvgIpc) is 2.90. The van der Waals surface area contributed by atoms with E-state index in [9.17, 15) is 4.79 Å². The molecule has 0 spiro atoms. The fourth-order valence-electron chi connectivity index (χ4n) is 2.44. The lowest BCUT2D eigenvalue weighted by atomic mass is 10.2. The molecule has 0 bridgehead atoms. The predicted octanol–water partition coefficient (Wildman–Crippen LogP) is 1.18. The van der Waals surface area contributed by atoms with Crippen LogP contribution in [0.4, 0.5) is 0 Å². The summed E-state index contributed by atoms with van der Waals surface area (Å²) in [6, 6.07) is -0.342. The van der Waals surface area contributed by atoms with E-state index < -0.39 is 0 Å². The standard InChI is InChI=1S/C14H24N4OS2/c1-11-16-12(10-21-11)9-17-4-6-18(7-5-17)14(19)13(15)3-8-20-2/h10,13H,3-9,15H2,1-2H3/t13-/m1/s1. The number of carbonyl (C=O) groups excluding carboxylic acids is 1. The molecule has 1 aromatic rings. The highest BCUT2D eigenvalue weighted by Crippen LogP contribution is 2.13. The second-order valence-corrected chi connectivity index (χ2v) is 7.40. The predicted molar refractivity (Wildman–Crippen MR) is 89.7 cm³/mol. The molecular weight excluding hydrogens is 304 g/mol. The van der Waals surface area contributed by atoms with Crippen LogP contribution in [0, 0.1) is 6.92 Å². The van der Waals surface area contributed by atoms with E-state index >= 15 is 0 Å². The zero-order valence-electron chi connectivity index (χ0n) is 12.7. The number of piperazine rings is 1. The first-order chi connectivity index (χ1) is 10.1. The zero-order valence-corrected chi connectivity index (χ0v) is 14.4. The number of carbonyl (C=O) groups is 1. The van der Waals surface area contributed by atoms with Crippen LogP contribution in [-0.4, -0.2) is 64.9 Å². The monoisotopic (exact) mass is 328 g/mol. The number of aromatic nitrogens is 1. The topological polar surface area (TPSA) is 62.5 Å². The summed E-state index contributed by atoms with van der Waals surface area (Å²) in [4.78, 5) is 21.0. The molecule has 0 saturated carbocycles. The van der Waals surface area contributed by atoms with Crippen molar-refractivity contribution in [3.8, 4) is 0 Å². The Morgan fingerprint density at radius 3 is 2.76 bits per heavy atom. The number of hydrogen-bond acceptors (Lipinski definition) is 6.